The summed E-state index contributed by atoms with van der Waals surface area (Å²) in [5.74, 6) is -1.25. The summed E-state index contributed by atoms with van der Waals surface area (Å²) in [7, 11) is 0. The van der Waals surface area contributed by atoms with Crippen LogP contribution in [0.15, 0.2) is 144 Å². The lowest BCUT2D eigenvalue weighted by molar-refractivity contribution is -0.384. The number of carbonyl (C=O) groups is 3. The minimum Gasteiger partial charge on any atom is -0.325 e. The molecule has 0 radical (unpaired) electrons. The van der Waals surface area contributed by atoms with E-state index in [0.717, 1.165) is 16.0 Å². The predicted octanol–water partition coefficient (Wildman–Crippen LogP) is 7.78. The summed E-state index contributed by atoms with van der Waals surface area (Å²) < 4.78 is 0. The number of hydrogen-bond donors (Lipinski definition) is 3. The smallest absolute Gasteiger partial charge is 0.272 e. The van der Waals surface area contributed by atoms with Gasteiger partial charge in [0.15, 0.2) is 0 Å². The number of rotatable bonds is 11. The molecule has 5 aromatic carbocycles. The number of benzene rings is 5. The number of nitro groups is 1. The Kier molecular flexibility index (Phi) is 10.6. The van der Waals surface area contributed by atoms with Crippen LogP contribution in [0.25, 0.3) is 6.08 Å². The normalized spacial score (nSPS) is 11.6. The molecule has 0 aliphatic heterocycles. The van der Waals surface area contributed by atoms with Crippen molar-refractivity contribution in [2.45, 2.75) is 17.1 Å². The van der Waals surface area contributed by atoms with Gasteiger partial charge in [-0.1, -0.05) is 66.2 Å². The standard InChI is InChI=1S/C37H30N4O5S/c1-25-12-16-29(17-13-25)39-37(44)34(27-8-4-2-5-9-27)47-32-22-18-30(19-23-32)38-36(43)33(40-35(42)28-10-6-3-7-11-28)24-26-14-20-31(21-15-26)41(45)46/h2-24,34H,1H3,(H,38,43)(H,39,44)(H,40,42)/b33-24-. The highest BCUT2D eigenvalue weighted by molar-refractivity contribution is 8.00. The van der Waals surface area contributed by atoms with Gasteiger partial charge in [-0.2, -0.15) is 0 Å². The summed E-state index contributed by atoms with van der Waals surface area (Å²) in [6, 6.07) is 38.2. The van der Waals surface area contributed by atoms with Gasteiger partial charge in [-0.05, 0) is 84.8 Å². The molecule has 1 atom stereocenters. The van der Waals surface area contributed by atoms with Crippen LogP contribution in [0.4, 0.5) is 17.1 Å². The molecule has 3 N–H and O–H groups in total. The molecular weight excluding hydrogens is 612 g/mol. The largest absolute Gasteiger partial charge is 0.325 e. The van der Waals surface area contributed by atoms with Crippen LogP contribution in [-0.2, 0) is 9.59 Å². The Balaban J connectivity index is 1.33. The molecule has 10 heteroatoms. The predicted molar refractivity (Wildman–Crippen MR) is 185 cm³/mol. The van der Waals surface area contributed by atoms with Crippen molar-refractivity contribution in [2.75, 3.05) is 10.6 Å². The monoisotopic (exact) mass is 642 g/mol. The molecule has 0 spiro atoms. The number of nitrogens with one attached hydrogen (secondary N) is 3. The highest BCUT2D eigenvalue weighted by atomic mass is 32.2. The Bertz CT molecular complexity index is 1900. The molecule has 3 amide bonds. The van der Waals surface area contributed by atoms with Gasteiger partial charge in [0, 0.05) is 34.0 Å². The molecule has 0 bridgehead atoms. The molecular formula is C37H30N4O5S. The van der Waals surface area contributed by atoms with Crippen LogP contribution in [0.5, 0.6) is 0 Å². The third-order valence-electron chi connectivity index (χ3n) is 6.97. The Morgan fingerprint density at radius 2 is 1.30 bits per heavy atom. The molecule has 0 heterocycles. The lowest BCUT2D eigenvalue weighted by atomic mass is 10.1. The van der Waals surface area contributed by atoms with Gasteiger partial charge in [0.2, 0.25) is 5.91 Å². The number of hydrogen-bond acceptors (Lipinski definition) is 6. The topological polar surface area (TPSA) is 130 Å². The van der Waals surface area contributed by atoms with Crippen molar-refractivity contribution >= 4 is 52.6 Å². The molecule has 1 unspecified atom stereocenters. The van der Waals surface area contributed by atoms with E-state index in [4.69, 9.17) is 0 Å². The zero-order valence-corrected chi connectivity index (χ0v) is 26.1. The molecule has 9 nitrogen and oxygen atoms in total. The van der Waals surface area contributed by atoms with Crippen molar-refractivity contribution < 1.29 is 19.3 Å². The first-order valence-corrected chi connectivity index (χ1v) is 15.5. The lowest BCUT2D eigenvalue weighted by Crippen LogP contribution is -2.30. The zero-order chi connectivity index (χ0) is 33.2. The summed E-state index contributed by atoms with van der Waals surface area (Å²) >= 11 is 1.38. The Labute approximate surface area is 275 Å². The van der Waals surface area contributed by atoms with Crippen LogP contribution in [0.3, 0.4) is 0 Å². The van der Waals surface area contributed by atoms with Crippen molar-refractivity contribution in [1.29, 1.82) is 0 Å². The van der Waals surface area contributed by atoms with Gasteiger partial charge in [-0.3, -0.25) is 24.5 Å². The first-order chi connectivity index (χ1) is 22.7. The van der Waals surface area contributed by atoms with Crippen LogP contribution in [0.2, 0.25) is 0 Å². The molecule has 0 aliphatic carbocycles. The third-order valence-corrected chi connectivity index (χ3v) is 8.24. The SMILES string of the molecule is Cc1ccc(NC(=O)C(Sc2ccc(NC(=O)/C(=C/c3ccc([N+](=O)[O-])cc3)NC(=O)c3ccccc3)cc2)c2ccccc2)cc1. The van der Waals surface area contributed by atoms with E-state index in [1.165, 1.54) is 42.1 Å². The summed E-state index contributed by atoms with van der Waals surface area (Å²) in [6.45, 7) is 1.98. The van der Waals surface area contributed by atoms with E-state index < -0.39 is 22.0 Å². The second kappa shape index (κ2) is 15.3. The number of non-ortho nitro benzene ring substituents is 1. The number of anilines is 2. The van der Waals surface area contributed by atoms with Gasteiger partial charge in [-0.25, -0.2) is 0 Å². The fourth-order valence-corrected chi connectivity index (χ4v) is 5.52. The molecule has 0 aromatic heterocycles. The molecule has 0 aliphatic rings. The summed E-state index contributed by atoms with van der Waals surface area (Å²) in [5, 5.41) is 19.0. The maximum atomic E-state index is 13.4. The fraction of sp³-hybridized carbons (Fsp3) is 0.0541. The van der Waals surface area contributed by atoms with Crippen molar-refractivity contribution in [1.82, 2.24) is 5.32 Å². The van der Waals surface area contributed by atoms with Crippen molar-refractivity contribution in [3.05, 3.63) is 172 Å². The van der Waals surface area contributed by atoms with Crippen LogP contribution in [-0.4, -0.2) is 22.6 Å². The van der Waals surface area contributed by atoms with E-state index >= 15 is 0 Å². The fourth-order valence-electron chi connectivity index (χ4n) is 4.50. The van der Waals surface area contributed by atoms with E-state index in [9.17, 15) is 24.5 Å². The number of nitro benzene ring substituents is 1. The van der Waals surface area contributed by atoms with E-state index in [0.29, 0.717) is 22.5 Å². The van der Waals surface area contributed by atoms with Crippen LogP contribution in [0, 0.1) is 17.0 Å². The van der Waals surface area contributed by atoms with Gasteiger partial charge < -0.3 is 16.0 Å². The van der Waals surface area contributed by atoms with Gasteiger partial charge in [0.05, 0.1) is 4.92 Å². The van der Waals surface area contributed by atoms with E-state index in [2.05, 4.69) is 16.0 Å². The van der Waals surface area contributed by atoms with Crippen LogP contribution >= 0.6 is 11.8 Å². The van der Waals surface area contributed by atoms with E-state index in [-0.39, 0.29) is 17.3 Å². The molecule has 0 saturated carbocycles. The maximum absolute atomic E-state index is 13.4. The Hall–Kier alpha value is -6.00. The average molecular weight is 643 g/mol. The summed E-state index contributed by atoms with van der Waals surface area (Å²) in [5.41, 5.74) is 3.80. The first-order valence-electron chi connectivity index (χ1n) is 14.6. The average Bonchev–Trinajstić information content (AvgIpc) is 3.09. The minimum absolute atomic E-state index is 0.0527. The highest BCUT2D eigenvalue weighted by Gasteiger charge is 2.22. The van der Waals surface area contributed by atoms with Crippen molar-refractivity contribution in [3.8, 4) is 0 Å². The highest BCUT2D eigenvalue weighted by Crippen LogP contribution is 2.37. The molecule has 47 heavy (non-hydrogen) atoms. The summed E-state index contributed by atoms with van der Waals surface area (Å²) in [6.07, 6.45) is 1.45. The molecule has 234 valence electrons. The molecule has 0 saturated heterocycles. The Morgan fingerprint density at radius 1 is 0.723 bits per heavy atom. The van der Waals surface area contributed by atoms with E-state index in [1.54, 1.807) is 54.6 Å². The Morgan fingerprint density at radius 3 is 1.91 bits per heavy atom. The number of amides is 3. The number of nitrogens with zero attached hydrogens (tertiary/aromatic N) is 1. The van der Waals surface area contributed by atoms with E-state index in [1.807, 2.05) is 61.5 Å². The van der Waals surface area contributed by atoms with Gasteiger partial charge in [0.1, 0.15) is 10.9 Å². The van der Waals surface area contributed by atoms with Crippen LogP contribution < -0.4 is 16.0 Å². The number of aryl methyl sites for hydroxylation is 1. The zero-order valence-electron chi connectivity index (χ0n) is 25.3. The van der Waals surface area contributed by atoms with Gasteiger partial charge >= 0.3 is 0 Å². The van der Waals surface area contributed by atoms with Crippen molar-refractivity contribution in [3.63, 3.8) is 0 Å². The molecule has 5 aromatic rings. The molecule has 0 fully saturated rings. The first kappa shape index (κ1) is 32.4. The van der Waals surface area contributed by atoms with Gasteiger partial charge in [-0.15, -0.1) is 11.8 Å². The second-order valence-corrected chi connectivity index (χ2v) is 11.6. The summed E-state index contributed by atoms with van der Waals surface area (Å²) in [4.78, 5) is 51.1. The van der Waals surface area contributed by atoms with Crippen LogP contribution in [0.1, 0.15) is 32.3 Å². The maximum Gasteiger partial charge on any atom is 0.272 e. The number of carbonyl (C=O) groups excluding carboxylic acids is 3. The van der Waals surface area contributed by atoms with Gasteiger partial charge in [0.25, 0.3) is 17.5 Å². The third kappa shape index (κ3) is 9.03. The lowest BCUT2D eigenvalue weighted by Gasteiger charge is -2.18. The van der Waals surface area contributed by atoms with Crippen molar-refractivity contribution in [2.24, 2.45) is 0 Å². The molecule has 5 rings (SSSR count). The minimum atomic E-state index is -0.590. The quantitative estimate of drug-likeness (QED) is 0.0584. The second-order valence-electron chi connectivity index (χ2n) is 10.5. The number of thioether (sulfide) groups is 1.